The van der Waals surface area contributed by atoms with Crippen molar-refractivity contribution in [3.63, 3.8) is 0 Å². The van der Waals surface area contributed by atoms with Crippen LogP contribution in [-0.4, -0.2) is 11.7 Å². The van der Waals surface area contributed by atoms with Crippen LogP contribution in [0.1, 0.15) is 52.5 Å². The molecule has 0 spiro atoms. The van der Waals surface area contributed by atoms with Crippen LogP contribution in [0.2, 0.25) is 0 Å². The van der Waals surface area contributed by atoms with Crippen molar-refractivity contribution >= 4 is 11.7 Å². The average Bonchev–Trinajstić information content (AvgIpc) is 2.62. The van der Waals surface area contributed by atoms with Gasteiger partial charge in [-0.05, 0) is 48.1 Å². The molecule has 3 rings (SSSR count). The minimum Gasteiger partial charge on any atom is -0.349 e. The molecule has 1 amide bonds. The number of hydrogen-bond acceptors (Lipinski definition) is 2. The van der Waals surface area contributed by atoms with Crippen LogP contribution in [0, 0.1) is 0 Å². The molecule has 0 saturated carbocycles. The van der Waals surface area contributed by atoms with Crippen molar-refractivity contribution in [3.05, 3.63) is 70.3 Å². The lowest BCUT2D eigenvalue weighted by Gasteiger charge is -2.19. The van der Waals surface area contributed by atoms with Crippen LogP contribution in [-0.2, 0) is 17.6 Å². The number of rotatable bonds is 2. The molecule has 0 heterocycles. The first kappa shape index (κ1) is 14.5. The van der Waals surface area contributed by atoms with Gasteiger partial charge in [0, 0.05) is 12.5 Å². The number of ketones is 1. The normalized spacial score (nSPS) is 16.2. The summed E-state index contributed by atoms with van der Waals surface area (Å²) in [6.07, 6.45) is 1.59. The molecule has 0 bridgehead atoms. The highest BCUT2D eigenvalue weighted by atomic mass is 16.1. The highest BCUT2D eigenvalue weighted by Crippen LogP contribution is 2.31. The van der Waals surface area contributed by atoms with E-state index in [1.165, 1.54) is 23.6 Å². The highest BCUT2D eigenvalue weighted by Gasteiger charge is 2.23. The molecule has 22 heavy (non-hydrogen) atoms. The summed E-state index contributed by atoms with van der Waals surface area (Å²) in [5.74, 6) is -0.00491. The highest BCUT2D eigenvalue weighted by molar-refractivity contribution is 5.94. The Labute approximate surface area is 130 Å². The summed E-state index contributed by atoms with van der Waals surface area (Å²) in [5.41, 5.74) is 5.46. The van der Waals surface area contributed by atoms with E-state index >= 15 is 0 Å². The van der Waals surface area contributed by atoms with E-state index in [1.807, 2.05) is 30.3 Å². The fourth-order valence-corrected chi connectivity index (χ4v) is 3.14. The maximum atomic E-state index is 11.7. The van der Waals surface area contributed by atoms with Gasteiger partial charge in [-0.3, -0.25) is 9.59 Å². The molecule has 0 aliphatic heterocycles. The van der Waals surface area contributed by atoms with Gasteiger partial charge >= 0.3 is 0 Å². The Morgan fingerprint density at radius 2 is 1.73 bits per heavy atom. The molecule has 3 heteroatoms. The van der Waals surface area contributed by atoms with Crippen molar-refractivity contribution in [2.45, 2.75) is 32.7 Å². The number of carbonyl (C=O) groups excluding carboxylic acids is 2. The van der Waals surface area contributed by atoms with Crippen molar-refractivity contribution in [2.75, 3.05) is 0 Å². The molecule has 1 atom stereocenters. The Morgan fingerprint density at radius 3 is 2.41 bits per heavy atom. The van der Waals surface area contributed by atoms with Gasteiger partial charge in [-0.1, -0.05) is 36.4 Å². The van der Waals surface area contributed by atoms with Crippen molar-refractivity contribution in [1.29, 1.82) is 0 Å². The van der Waals surface area contributed by atoms with E-state index in [2.05, 4.69) is 17.4 Å². The summed E-state index contributed by atoms with van der Waals surface area (Å²) in [4.78, 5) is 23.3. The summed E-state index contributed by atoms with van der Waals surface area (Å²) in [6.45, 7) is 3.10. The Hall–Kier alpha value is -2.42. The Balaban J connectivity index is 2.12. The van der Waals surface area contributed by atoms with Crippen LogP contribution in [0.5, 0.6) is 0 Å². The maximum Gasteiger partial charge on any atom is 0.217 e. The molecular formula is C19H19NO2. The van der Waals surface area contributed by atoms with Gasteiger partial charge in [0.1, 0.15) is 0 Å². The average molecular weight is 293 g/mol. The maximum absolute atomic E-state index is 11.7. The quantitative estimate of drug-likeness (QED) is 0.864. The number of hydrogen-bond donors (Lipinski definition) is 1. The van der Waals surface area contributed by atoms with E-state index < -0.39 is 0 Å². The van der Waals surface area contributed by atoms with Crippen LogP contribution in [0.25, 0.3) is 0 Å². The van der Waals surface area contributed by atoms with E-state index in [0.717, 1.165) is 18.4 Å². The van der Waals surface area contributed by atoms with E-state index in [-0.39, 0.29) is 17.7 Å². The van der Waals surface area contributed by atoms with Crippen molar-refractivity contribution < 1.29 is 9.59 Å². The van der Waals surface area contributed by atoms with Crippen LogP contribution >= 0.6 is 0 Å². The molecule has 1 unspecified atom stereocenters. The third-order valence-corrected chi connectivity index (χ3v) is 4.23. The zero-order valence-corrected chi connectivity index (χ0v) is 12.8. The van der Waals surface area contributed by atoms with Crippen LogP contribution < -0.4 is 5.32 Å². The van der Waals surface area contributed by atoms with E-state index in [0.29, 0.717) is 5.56 Å². The van der Waals surface area contributed by atoms with E-state index in [1.54, 1.807) is 6.92 Å². The van der Waals surface area contributed by atoms with Crippen LogP contribution in [0.4, 0.5) is 0 Å². The molecular weight excluding hydrogens is 274 g/mol. The topological polar surface area (TPSA) is 46.2 Å². The molecule has 0 aromatic heterocycles. The molecule has 3 nitrogen and oxygen atoms in total. The van der Waals surface area contributed by atoms with E-state index in [9.17, 15) is 9.59 Å². The number of carbonyl (C=O) groups is 2. The first-order chi connectivity index (χ1) is 10.5. The van der Waals surface area contributed by atoms with E-state index in [4.69, 9.17) is 0 Å². The molecule has 0 radical (unpaired) electrons. The second-order valence-electron chi connectivity index (χ2n) is 5.87. The summed E-state index contributed by atoms with van der Waals surface area (Å²) in [6, 6.07) is 14.1. The van der Waals surface area contributed by atoms with Gasteiger partial charge in [-0.15, -0.1) is 0 Å². The molecule has 1 aliphatic carbocycles. The van der Waals surface area contributed by atoms with Gasteiger partial charge < -0.3 is 5.32 Å². The molecule has 0 fully saturated rings. The number of fused-ring (bicyclic) bond motifs is 2. The monoisotopic (exact) mass is 293 g/mol. The zero-order chi connectivity index (χ0) is 15.7. The predicted octanol–water partition coefficient (Wildman–Crippen LogP) is 3.21. The van der Waals surface area contributed by atoms with Gasteiger partial charge in [0.2, 0.25) is 5.91 Å². The second-order valence-corrected chi connectivity index (χ2v) is 5.87. The van der Waals surface area contributed by atoms with Crippen molar-refractivity contribution in [2.24, 2.45) is 0 Å². The second kappa shape index (κ2) is 5.76. The summed E-state index contributed by atoms with van der Waals surface area (Å²) in [5, 5.41) is 3.03. The lowest BCUT2D eigenvalue weighted by Crippen LogP contribution is -2.28. The third kappa shape index (κ3) is 2.80. The first-order valence-corrected chi connectivity index (χ1v) is 7.52. The Kier molecular flexibility index (Phi) is 3.80. The lowest BCUT2D eigenvalue weighted by molar-refractivity contribution is -0.119. The van der Waals surface area contributed by atoms with Gasteiger partial charge in [-0.2, -0.15) is 0 Å². The number of benzene rings is 2. The minimum absolute atomic E-state index is 0.0473. The fraction of sp³-hybridized carbons (Fsp3) is 0.263. The zero-order valence-electron chi connectivity index (χ0n) is 12.8. The lowest BCUT2D eigenvalue weighted by atomic mass is 9.94. The number of amides is 1. The van der Waals surface area contributed by atoms with Gasteiger partial charge in [0.25, 0.3) is 0 Å². The predicted molar refractivity (Wildman–Crippen MR) is 86.0 cm³/mol. The molecule has 0 saturated heterocycles. The fourth-order valence-electron chi connectivity index (χ4n) is 3.14. The molecule has 2 aromatic carbocycles. The van der Waals surface area contributed by atoms with Gasteiger partial charge in [0.05, 0.1) is 6.04 Å². The standard InChI is InChI=1S/C19H19NO2/c1-12(21)14-7-8-17-9-15-5-3-4-6-16(15)11-19(18(17)10-14)20-13(2)22/h3-8,10,19H,9,11H2,1-2H3,(H,20,22). The summed E-state index contributed by atoms with van der Waals surface area (Å²) >= 11 is 0. The van der Waals surface area contributed by atoms with Gasteiger partial charge in [0.15, 0.2) is 5.78 Å². The summed E-state index contributed by atoms with van der Waals surface area (Å²) < 4.78 is 0. The minimum atomic E-state index is -0.0875. The Morgan fingerprint density at radius 1 is 1.00 bits per heavy atom. The van der Waals surface area contributed by atoms with Crippen molar-refractivity contribution in [3.8, 4) is 0 Å². The molecule has 2 aromatic rings. The number of nitrogens with one attached hydrogen (secondary N) is 1. The molecule has 112 valence electrons. The molecule has 1 N–H and O–H groups in total. The SMILES string of the molecule is CC(=O)NC1Cc2ccccc2Cc2ccc(C(C)=O)cc21. The van der Waals surface area contributed by atoms with Crippen molar-refractivity contribution in [1.82, 2.24) is 5.32 Å². The first-order valence-electron chi connectivity index (χ1n) is 7.52. The van der Waals surface area contributed by atoms with Crippen LogP contribution in [0.15, 0.2) is 42.5 Å². The third-order valence-electron chi connectivity index (χ3n) is 4.23. The molecule has 1 aliphatic rings. The Bertz CT molecular complexity index is 749. The van der Waals surface area contributed by atoms with Gasteiger partial charge in [-0.25, -0.2) is 0 Å². The van der Waals surface area contributed by atoms with Crippen LogP contribution in [0.3, 0.4) is 0 Å². The number of Topliss-reactive ketones (excluding diaryl/α,β-unsaturated/α-hetero) is 1. The smallest absolute Gasteiger partial charge is 0.217 e. The summed E-state index contributed by atoms with van der Waals surface area (Å²) in [7, 11) is 0. The largest absolute Gasteiger partial charge is 0.349 e.